The predicted molar refractivity (Wildman–Crippen MR) is 100 cm³/mol. The van der Waals surface area contributed by atoms with Crippen LogP contribution in [-0.2, 0) is 35.1 Å². The highest BCUT2D eigenvalue weighted by atomic mass is 16.8. The van der Waals surface area contributed by atoms with E-state index in [1.54, 1.807) is 7.11 Å². The fraction of sp³-hybridized carbons (Fsp3) is 0.600. The van der Waals surface area contributed by atoms with Gasteiger partial charge in [-0.05, 0) is 19.4 Å². The average Bonchev–Trinajstić information content (AvgIpc) is 3.15. The minimum Gasteiger partial charge on any atom is -0.382 e. The van der Waals surface area contributed by atoms with E-state index in [2.05, 4.69) is 5.32 Å². The summed E-state index contributed by atoms with van der Waals surface area (Å²) in [6.07, 6.45) is -0.848. The molecule has 1 aromatic rings. The number of carbonyl (C=O) groups excluding carboxylic acids is 2. The van der Waals surface area contributed by atoms with Crippen molar-refractivity contribution in [1.29, 1.82) is 0 Å². The third kappa shape index (κ3) is 4.88. The molecule has 8 heteroatoms. The van der Waals surface area contributed by atoms with Crippen molar-refractivity contribution in [3.8, 4) is 0 Å². The van der Waals surface area contributed by atoms with Gasteiger partial charge in [0.25, 0.3) is 0 Å². The third-order valence-electron chi connectivity index (χ3n) is 4.80. The first-order valence-corrected chi connectivity index (χ1v) is 9.45. The van der Waals surface area contributed by atoms with E-state index in [4.69, 9.17) is 18.9 Å². The van der Waals surface area contributed by atoms with Crippen molar-refractivity contribution in [2.24, 2.45) is 0 Å². The Hall–Kier alpha value is -2.00. The lowest BCUT2D eigenvalue weighted by Gasteiger charge is -2.29. The maximum Gasteiger partial charge on any atom is 0.249 e. The van der Waals surface area contributed by atoms with Crippen molar-refractivity contribution in [2.45, 2.75) is 44.4 Å². The van der Waals surface area contributed by atoms with Crippen LogP contribution in [-0.4, -0.2) is 74.2 Å². The second kappa shape index (κ2) is 9.00. The Morgan fingerprint density at radius 3 is 2.68 bits per heavy atom. The topological polar surface area (TPSA) is 86.3 Å². The second-order valence-electron chi connectivity index (χ2n) is 7.38. The molecular formula is C20H28N2O6. The normalized spacial score (nSPS) is 25.5. The van der Waals surface area contributed by atoms with Gasteiger partial charge in [-0.2, -0.15) is 0 Å². The number of rotatable bonds is 8. The van der Waals surface area contributed by atoms with Crippen molar-refractivity contribution in [2.75, 3.05) is 33.5 Å². The number of benzene rings is 1. The van der Waals surface area contributed by atoms with E-state index < -0.39 is 17.9 Å². The Balaban J connectivity index is 1.66. The predicted octanol–water partition coefficient (Wildman–Crippen LogP) is 0.697. The molecule has 0 saturated carbocycles. The summed E-state index contributed by atoms with van der Waals surface area (Å²) < 4.78 is 22.1. The number of fused-ring (bicyclic) bond motifs is 1. The minimum atomic E-state index is -0.780. The quantitative estimate of drug-likeness (QED) is 0.656. The molecule has 3 atom stereocenters. The van der Waals surface area contributed by atoms with Crippen LogP contribution in [0.5, 0.6) is 0 Å². The summed E-state index contributed by atoms with van der Waals surface area (Å²) >= 11 is 0. The smallest absolute Gasteiger partial charge is 0.249 e. The zero-order valence-corrected chi connectivity index (χ0v) is 16.6. The molecular weight excluding hydrogens is 364 g/mol. The second-order valence-corrected chi connectivity index (χ2v) is 7.38. The number of ether oxygens (including phenoxy) is 4. The summed E-state index contributed by atoms with van der Waals surface area (Å²) in [6.45, 7) is 4.89. The number of nitrogens with zero attached hydrogens (tertiary/aromatic N) is 1. The van der Waals surface area contributed by atoms with Crippen LogP contribution in [0, 0.1) is 0 Å². The summed E-state index contributed by atoms with van der Waals surface area (Å²) in [5.41, 5.74) is 0.982. The van der Waals surface area contributed by atoms with E-state index in [1.165, 1.54) is 4.90 Å². The molecule has 2 amide bonds. The van der Waals surface area contributed by atoms with Gasteiger partial charge in [0.2, 0.25) is 11.8 Å². The average molecular weight is 392 g/mol. The highest BCUT2D eigenvalue weighted by Crippen LogP contribution is 2.36. The number of nitrogens with one attached hydrogen (secondary N) is 1. The fourth-order valence-electron chi connectivity index (χ4n) is 3.58. The molecule has 0 aliphatic carbocycles. The summed E-state index contributed by atoms with van der Waals surface area (Å²) in [7, 11) is 1.57. The SMILES string of the molecule is COCCOCC(=O)N1C[C@@H]2OC(C)(C)O[C@@H]2[C@H]1C(=O)NCc1ccccc1. The Morgan fingerprint density at radius 2 is 1.96 bits per heavy atom. The van der Waals surface area contributed by atoms with Crippen LogP contribution in [0.25, 0.3) is 0 Å². The van der Waals surface area contributed by atoms with Crippen LogP contribution in [0.4, 0.5) is 0 Å². The van der Waals surface area contributed by atoms with E-state index >= 15 is 0 Å². The number of hydrogen-bond donors (Lipinski definition) is 1. The molecule has 0 spiro atoms. The van der Waals surface area contributed by atoms with Gasteiger partial charge in [-0.3, -0.25) is 9.59 Å². The summed E-state index contributed by atoms with van der Waals surface area (Å²) in [5.74, 6) is -1.31. The van der Waals surface area contributed by atoms with Gasteiger partial charge in [-0.25, -0.2) is 0 Å². The Bertz CT molecular complexity index is 681. The first-order chi connectivity index (χ1) is 13.4. The van der Waals surface area contributed by atoms with Crippen LogP contribution >= 0.6 is 0 Å². The molecule has 0 unspecified atom stereocenters. The fourth-order valence-corrected chi connectivity index (χ4v) is 3.58. The number of likely N-dealkylation sites (tertiary alicyclic amines) is 1. The minimum absolute atomic E-state index is 0.116. The van der Waals surface area contributed by atoms with Gasteiger partial charge < -0.3 is 29.2 Å². The molecule has 2 heterocycles. The Kier molecular flexibility index (Phi) is 6.66. The van der Waals surface area contributed by atoms with Gasteiger partial charge in [-0.15, -0.1) is 0 Å². The van der Waals surface area contributed by atoms with Crippen LogP contribution in [0.1, 0.15) is 19.4 Å². The van der Waals surface area contributed by atoms with Crippen LogP contribution < -0.4 is 5.32 Å². The maximum atomic E-state index is 13.0. The lowest BCUT2D eigenvalue weighted by Crippen LogP contribution is -2.52. The van der Waals surface area contributed by atoms with E-state index in [9.17, 15) is 9.59 Å². The van der Waals surface area contributed by atoms with E-state index in [1.807, 2.05) is 44.2 Å². The standard InChI is InChI=1S/C20H28N2O6/c1-20(2)27-15-12-22(16(23)13-26-10-9-25-3)17(18(15)28-20)19(24)21-11-14-7-5-4-6-8-14/h4-8,15,17-18H,9-13H2,1-3H3,(H,21,24)/t15-,17-,18-/m0/s1. The number of amides is 2. The lowest BCUT2D eigenvalue weighted by molar-refractivity contribution is -0.171. The molecule has 1 aromatic carbocycles. The van der Waals surface area contributed by atoms with Crippen LogP contribution in [0.2, 0.25) is 0 Å². The molecule has 2 saturated heterocycles. The maximum absolute atomic E-state index is 13.0. The molecule has 0 radical (unpaired) electrons. The zero-order chi connectivity index (χ0) is 20.1. The van der Waals surface area contributed by atoms with Crippen LogP contribution in [0.15, 0.2) is 30.3 Å². The van der Waals surface area contributed by atoms with Gasteiger partial charge in [0, 0.05) is 13.7 Å². The lowest BCUT2D eigenvalue weighted by atomic mass is 10.1. The molecule has 3 rings (SSSR count). The van der Waals surface area contributed by atoms with Crippen molar-refractivity contribution in [3.05, 3.63) is 35.9 Å². The Labute approximate surface area is 165 Å². The van der Waals surface area contributed by atoms with Crippen molar-refractivity contribution in [1.82, 2.24) is 10.2 Å². The molecule has 2 fully saturated rings. The monoisotopic (exact) mass is 392 g/mol. The van der Waals surface area contributed by atoms with E-state index in [0.717, 1.165) is 5.56 Å². The van der Waals surface area contributed by atoms with Gasteiger partial charge in [0.05, 0.1) is 19.8 Å². The van der Waals surface area contributed by atoms with Crippen molar-refractivity contribution >= 4 is 11.8 Å². The first kappa shape index (κ1) is 20.7. The summed E-state index contributed by atoms with van der Waals surface area (Å²) in [4.78, 5) is 27.1. The molecule has 0 bridgehead atoms. The largest absolute Gasteiger partial charge is 0.382 e. The molecule has 154 valence electrons. The third-order valence-corrected chi connectivity index (χ3v) is 4.80. The number of carbonyl (C=O) groups is 2. The van der Waals surface area contributed by atoms with E-state index in [0.29, 0.717) is 26.3 Å². The van der Waals surface area contributed by atoms with Gasteiger partial charge in [0.15, 0.2) is 5.79 Å². The highest BCUT2D eigenvalue weighted by molar-refractivity contribution is 5.89. The zero-order valence-electron chi connectivity index (χ0n) is 16.6. The highest BCUT2D eigenvalue weighted by Gasteiger charge is 2.56. The summed E-state index contributed by atoms with van der Waals surface area (Å²) in [6, 6.07) is 8.86. The summed E-state index contributed by atoms with van der Waals surface area (Å²) in [5, 5.41) is 2.91. The van der Waals surface area contributed by atoms with Gasteiger partial charge in [-0.1, -0.05) is 30.3 Å². The number of hydrogen-bond acceptors (Lipinski definition) is 6. The molecule has 2 aliphatic rings. The number of methoxy groups -OCH3 is 1. The van der Waals surface area contributed by atoms with Crippen molar-refractivity contribution in [3.63, 3.8) is 0 Å². The van der Waals surface area contributed by atoms with E-state index in [-0.39, 0.29) is 24.5 Å². The van der Waals surface area contributed by atoms with Gasteiger partial charge in [0.1, 0.15) is 24.9 Å². The molecule has 0 aromatic heterocycles. The Morgan fingerprint density at radius 1 is 1.21 bits per heavy atom. The molecule has 28 heavy (non-hydrogen) atoms. The molecule has 1 N–H and O–H groups in total. The molecule has 8 nitrogen and oxygen atoms in total. The first-order valence-electron chi connectivity index (χ1n) is 9.45. The van der Waals surface area contributed by atoms with Crippen LogP contribution in [0.3, 0.4) is 0 Å². The molecule has 2 aliphatic heterocycles. The van der Waals surface area contributed by atoms with Gasteiger partial charge >= 0.3 is 0 Å². The van der Waals surface area contributed by atoms with Crippen molar-refractivity contribution < 1.29 is 28.5 Å².